The van der Waals surface area contributed by atoms with Crippen LogP contribution >= 0.6 is 11.6 Å². The van der Waals surface area contributed by atoms with Crippen LogP contribution in [0, 0.1) is 0 Å². The molecule has 0 saturated carbocycles. The second-order valence-corrected chi connectivity index (χ2v) is 8.06. The molecule has 9 heteroatoms. The van der Waals surface area contributed by atoms with Gasteiger partial charge in [0, 0.05) is 30.1 Å². The lowest BCUT2D eigenvalue weighted by Gasteiger charge is -2.34. The minimum absolute atomic E-state index is 0.0954. The molecular weight excluding hydrogens is 440 g/mol. The van der Waals surface area contributed by atoms with Gasteiger partial charge in [-0.3, -0.25) is 14.6 Å². The highest BCUT2D eigenvalue weighted by molar-refractivity contribution is 6.34. The summed E-state index contributed by atoms with van der Waals surface area (Å²) in [6.07, 6.45) is 1.59. The first-order valence-corrected chi connectivity index (χ1v) is 10.6. The van der Waals surface area contributed by atoms with E-state index in [1.54, 1.807) is 37.5 Å². The third-order valence-corrected chi connectivity index (χ3v) is 5.87. The average molecular weight is 459 g/mol. The minimum Gasteiger partial charge on any atom is -0.368 e. The van der Waals surface area contributed by atoms with Crippen molar-refractivity contribution >= 4 is 57.5 Å². The van der Waals surface area contributed by atoms with Crippen LogP contribution in [0.15, 0.2) is 66.9 Å². The summed E-state index contributed by atoms with van der Waals surface area (Å²) >= 11 is 6.45. The average Bonchev–Trinajstić information content (AvgIpc) is 2.82. The Labute approximate surface area is 194 Å². The van der Waals surface area contributed by atoms with Gasteiger partial charge in [0.15, 0.2) is 0 Å². The first-order valence-electron chi connectivity index (χ1n) is 10.2. The molecule has 0 atom stereocenters. The zero-order valence-corrected chi connectivity index (χ0v) is 18.4. The fourth-order valence-corrected chi connectivity index (χ4v) is 4.15. The predicted molar refractivity (Wildman–Crippen MR) is 130 cm³/mol. The number of urea groups is 1. The molecule has 3 aromatic carbocycles. The second kappa shape index (κ2) is 8.07. The molecule has 33 heavy (non-hydrogen) atoms. The Kier molecular flexibility index (Phi) is 5.07. The molecule has 0 unspecified atom stereocenters. The summed E-state index contributed by atoms with van der Waals surface area (Å²) in [4.78, 5) is 37.2. The normalized spacial score (nSPS) is 13.2. The highest BCUT2D eigenvalue weighted by Crippen LogP contribution is 2.35. The Morgan fingerprint density at radius 2 is 1.91 bits per heavy atom. The third-order valence-electron chi connectivity index (χ3n) is 5.55. The van der Waals surface area contributed by atoms with Crippen LogP contribution in [-0.2, 0) is 6.54 Å². The standard InChI is InChI=1S/C24H19ClN6O2/c1-30-21-15(12-27-23(26)29-21)13-31(24(30)33)20-11-16(9-10-19(20)25)28-22(32)18-8-4-6-14-5-2-3-7-17(14)18/h2-12H,13H2,1H3,(H,28,32)(H2,26,27,29). The van der Waals surface area contributed by atoms with Gasteiger partial charge in [-0.25, -0.2) is 9.78 Å². The van der Waals surface area contributed by atoms with Gasteiger partial charge in [-0.05, 0) is 35.0 Å². The molecule has 1 aromatic heterocycles. The maximum absolute atomic E-state index is 13.1. The lowest BCUT2D eigenvalue weighted by Crippen LogP contribution is -2.46. The summed E-state index contributed by atoms with van der Waals surface area (Å²) in [7, 11) is 1.61. The summed E-state index contributed by atoms with van der Waals surface area (Å²) in [5, 5.41) is 5.13. The summed E-state index contributed by atoms with van der Waals surface area (Å²) in [5.74, 6) is 0.301. The number of nitrogens with zero attached hydrogens (tertiary/aromatic N) is 4. The molecule has 1 aliphatic heterocycles. The van der Waals surface area contributed by atoms with E-state index in [2.05, 4.69) is 15.3 Å². The monoisotopic (exact) mass is 458 g/mol. The number of nitrogens with two attached hydrogens (primary N) is 1. The molecule has 0 aliphatic carbocycles. The van der Waals surface area contributed by atoms with Crippen LogP contribution in [0.25, 0.3) is 10.8 Å². The van der Waals surface area contributed by atoms with Crippen LogP contribution in [0.4, 0.5) is 27.9 Å². The van der Waals surface area contributed by atoms with Gasteiger partial charge in [0.1, 0.15) is 5.82 Å². The fourth-order valence-electron chi connectivity index (χ4n) is 3.93. The number of rotatable bonds is 3. The van der Waals surface area contributed by atoms with Gasteiger partial charge < -0.3 is 11.1 Å². The van der Waals surface area contributed by atoms with Crippen molar-refractivity contribution in [1.29, 1.82) is 0 Å². The van der Waals surface area contributed by atoms with E-state index in [-0.39, 0.29) is 24.4 Å². The van der Waals surface area contributed by atoms with Crippen molar-refractivity contribution < 1.29 is 9.59 Å². The molecule has 8 nitrogen and oxygen atoms in total. The summed E-state index contributed by atoms with van der Waals surface area (Å²) in [5.41, 5.74) is 7.94. The van der Waals surface area contributed by atoms with Crippen molar-refractivity contribution in [3.63, 3.8) is 0 Å². The Balaban J connectivity index is 1.47. The molecule has 0 saturated heterocycles. The topological polar surface area (TPSA) is 104 Å². The van der Waals surface area contributed by atoms with Gasteiger partial charge >= 0.3 is 6.03 Å². The number of nitrogens with one attached hydrogen (secondary N) is 1. The number of carbonyl (C=O) groups is 2. The molecule has 164 valence electrons. The van der Waals surface area contributed by atoms with Gasteiger partial charge in [-0.1, -0.05) is 48.0 Å². The minimum atomic E-state index is -0.319. The maximum Gasteiger partial charge on any atom is 0.330 e. The van der Waals surface area contributed by atoms with Crippen LogP contribution < -0.4 is 20.9 Å². The smallest absolute Gasteiger partial charge is 0.330 e. The van der Waals surface area contributed by atoms with Crippen LogP contribution in [0.5, 0.6) is 0 Å². The zero-order valence-electron chi connectivity index (χ0n) is 17.6. The number of anilines is 4. The lowest BCUT2D eigenvalue weighted by atomic mass is 10.0. The number of hydrogen-bond donors (Lipinski definition) is 2. The first-order chi connectivity index (χ1) is 15.9. The van der Waals surface area contributed by atoms with Crippen molar-refractivity contribution in [1.82, 2.24) is 9.97 Å². The molecule has 4 aromatic rings. The Morgan fingerprint density at radius 3 is 2.76 bits per heavy atom. The van der Waals surface area contributed by atoms with Crippen LogP contribution in [0.1, 0.15) is 15.9 Å². The summed E-state index contributed by atoms with van der Waals surface area (Å²) < 4.78 is 0. The number of halogens is 1. The SMILES string of the molecule is CN1C(=O)N(c2cc(NC(=O)c3cccc4ccccc34)ccc2Cl)Cc2cnc(N)nc21. The zero-order chi connectivity index (χ0) is 23.1. The Hall–Kier alpha value is -4.17. The van der Waals surface area contributed by atoms with Gasteiger partial charge in [0.05, 0.1) is 17.3 Å². The van der Waals surface area contributed by atoms with E-state index in [1.807, 2.05) is 36.4 Å². The summed E-state index contributed by atoms with van der Waals surface area (Å²) in [6, 6.07) is 18.0. The van der Waals surface area contributed by atoms with Gasteiger partial charge in [0.2, 0.25) is 5.95 Å². The number of nitrogen functional groups attached to an aromatic ring is 1. The van der Waals surface area contributed by atoms with Crippen molar-refractivity contribution in [3.05, 3.63) is 83.0 Å². The highest BCUT2D eigenvalue weighted by Gasteiger charge is 2.31. The predicted octanol–water partition coefficient (Wildman–Crippen LogP) is 4.69. The molecule has 1 aliphatic rings. The van der Waals surface area contributed by atoms with E-state index in [1.165, 1.54) is 9.80 Å². The van der Waals surface area contributed by atoms with Crippen molar-refractivity contribution in [2.24, 2.45) is 0 Å². The molecule has 3 amide bonds. The van der Waals surface area contributed by atoms with Crippen molar-refractivity contribution in [2.75, 3.05) is 27.9 Å². The largest absolute Gasteiger partial charge is 0.368 e. The van der Waals surface area contributed by atoms with Crippen LogP contribution in [-0.4, -0.2) is 29.0 Å². The van der Waals surface area contributed by atoms with E-state index in [0.29, 0.717) is 27.8 Å². The molecule has 0 radical (unpaired) electrons. The van der Waals surface area contributed by atoms with Gasteiger partial charge in [0.25, 0.3) is 5.91 Å². The molecule has 5 rings (SSSR count). The third kappa shape index (κ3) is 3.70. The van der Waals surface area contributed by atoms with Crippen molar-refractivity contribution in [3.8, 4) is 0 Å². The van der Waals surface area contributed by atoms with E-state index in [4.69, 9.17) is 17.3 Å². The Morgan fingerprint density at radius 1 is 1.12 bits per heavy atom. The number of benzene rings is 3. The maximum atomic E-state index is 13.1. The number of carbonyl (C=O) groups excluding carboxylic acids is 2. The summed E-state index contributed by atoms with van der Waals surface area (Å²) in [6.45, 7) is 0.221. The number of aromatic nitrogens is 2. The van der Waals surface area contributed by atoms with Crippen LogP contribution in [0.3, 0.4) is 0 Å². The van der Waals surface area contributed by atoms with Gasteiger partial charge in [-0.15, -0.1) is 0 Å². The molecule has 0 spiro atoms. The van der Waals surface area contributed by atoms with E-state index >= 15 is 0 Å². The number of amides is 3. The molecule has 2 heterocycles. The lowest BCUT2D eigenvalue weighted by molar-refractivity contribution is 0.102. The second-order valence-electron chi connectivity index (χ2n) is 7.65. The van der Waals surface area contributed by atoms with Gasteiger partial charge in [-0.2, -0.15) is 4.98 Å². The number of hydrogen-bond acceptors (Lipinski definition) is 5. The molecule has 0 bridgehead atoms. The van der Waals surface area contributed by atoms with E-state index in [9.17, 15) is 9.59 Å². The quantitative estimate of drug-likeness (QED) is 0.463. The number of fused-ring (bicyclic) bond motifs is 2. The van der Waals surface area contributed by atoms with E-state index in [0.717, 1.165) is 16.3 Å². The Bertz CT molecular complexity index is 1420. The molecule has 3 N–H and O–H groups in total. The highest BCUT2D eigenvalue weighted by atomic mass is 35.5. The molecular formula is C24H19ClN6O2. The fraction of sp³-hybridized carbons (Fsp3) is 0.0833. The first kappa shape index (κ1) is 20.7. The van der Waals surface area contributed by atoms with Crippen molar-refractivity contribution in [2.45, 2.75) is 6.54 Å². The van der Waals surface area contributed by atoms with E-state index < -0.39 is 0 Å². The molecule has 0 fully saturated rings. The van der Waals surface area contributed by atoms with Crippen LogP contribution in [0.2, 0.25) is 5.02 Å².